The number of aromatic nitrogens is 1. The predicted molar refractivity (Wildman–Crippen MR) is 118 cm³/mol. The van der Waals surface area contributed by atoms with E-state index in [1.807, 2.05) is 43.5 Å². The molecule has 1 aromatic heterocycles. The average Bonchev–Trinajstić information content (AvgIpc) is 3.04. The molecule has 0 atom stereocenters. The zero-order valence-electron chi connectivity index (χ0n) is 17.4. The molecule has 1 aliphatic heterocycles. The quantitative estimate of drug-likeness (QED) is 0.472. The Morgan fingerprint density at radius 3 is 2.59 bits per heavy atom. The van der Waals surface area contributed by atoms with Gasteiger partial charge in [-0.15, -0.1) is 13.2 Å². The molecule has 2 heterocycles. The van der Waals surface area contributed by atoms with Crippen molar-refractivity contribution in [2.75, 3.05) is 11.0 Å². The number of carbonyl (C=O) groups is 1. The number of benzene rings is 2. The van der Waals surface area contributed by atoms with E-state index in [0.29, 0.717) is 23.4 Å². The molecule has 0 radical (unpaired) electrons. The van der Waals surface area contributed by atoms with Crippen molar-refractivity contribution in [1.29, 1.82) is 0 Å². The Morgan fingerprint density at radius 2 is 1.91 bits per heavy atom. The van der Waals surface area contributed by atoms with E-state index < -0.39 is 6.36 Å². The van der Waals surface area contributed by atoms with Crippen LogP contribution in [0.5, 0.6) is 5.75 Å². The van der Waals surface area contributed by atoms with Crippen molar-refractivity contribution in [3.8, 4) is 17.0 Å². The maximum Gasteiger partial charge on any atom is 0.573 e. The largest absolute Gasteiger partial charge is 0.573 e. The molecule has 4 rings (SSSR count). The molecule has 0 fully saturated rings. The summed E-state index contributed by atoms with van der Waals surface area (Å²) < 4.78 is 44.1. The molecule has 5 nitrogen and oxygen atoms in total. The Morgan fingerprint density at radius 1 is 1.16 bits per heavy atom. The van der Waals surface area contributed by atoms with Gasteiger partial charge in [0, 0.05) is 30.6 Å². The second-order valence-electron chi connectivity index (χ2n) is 7.37. The van der Waals surface area contributed by atoms with Gasteiger partial charge >= 0.3 is 6.36 Å². The Bertz CT molecular complexity index is 1150. The van der Waals surface area contributed by atoms with Crippen molar-refractivity contribution in [2.45, 2.75) is 26.4 Å². The number of hydrogen-bond donors (Lipinski definition) is 1. The first-order chi connectivity index (χ1) is 15.2. The van der Waals surface area contributed by atoms with Crippen LogP contribution in [0, 0.1) is 6.92 Å². The molecule has 32 heavy (non-hydrogen) atoms. The summed E-state index contributed by atoms with van der Waals surface area (Å²) in [5.41, 5.74) is 5.53. The van der Waals surface area contributed by atoms with Crippen molar-refractivity contribution in [2.24, 2.45) is 0 Å². The first-order valence-electron chi connectivity index (χ1n) is 9.77. The molecule has 0 saturated heterocycles. The fourth-order valence-corrected chi connectivity index (χ4v) is 4.11. The van der Waals surface area contributed by atoms with Crippen LogP contribution in [-0.4, -0.2) is 28.4 Å². The highest BCUT2D eigenvalue weighted by Crippen LogP contribution is 2.31. The van der Waals surface area contributed by atoms with Crippen LogP contribution in [0.25, 0.3) is 11.3 Å². The SMILES string of the molecule is CSNc1cccc(-c2cc3c(c(C)n2)C(=O)N(Cc2ccc(OC(F)(F)F)cc2)C3)c1. The average molecular weight is 459 g/mol. The normalized spacial score (nSPS) is 13.3. The van der Waals surface area contributed by atoms with E-state index in [4.69, 9.17) is 0 Å². The van der Waals surface area contributed by atoms with E-state index in [1.54, 1.807) is 4.90 Å². The summed E-state index contributed by atoms with van der Waals surface area (Å²) in [6.07, 6.45) is -2.79. The summed E-state index contributed by atoms with van der Waals surface area (Å²) in [6, 6.07) is 15.4. The van der Waals surface area contributed by atoms with Gasteiger partial charge in [-0.3, -0.25) is 9.78 Å². The molecule has 166 valence electrons. The minimum Gasteiger partial charge on any atom is -0.406 e. The lowest BCUT2D eigenvalue weighted by Crippen LogP contribution is -2.23. The summed E-state index contributed by atoms with van der Waals surface area (Å²) >= 11 is 1.50. The van der Waals surface area contributed by atoms with Crippen molar-refractivity contribution < 1.29 is 22.7 Å². The number of ether oxygens (including phenoxy) is 1. The monoisotopic (exact) mass is 459 g/mol. The molecule has 1 N–H and O–H groups in total. The van der Waals surface area contributed by atoms with E-state index in [-0.39, 0.29) is 18.2 Å². The van der Waals surface area contributed by atoms with Gasteiger partial charge in [0.1, 0.15) is 5.75 Å². The van der Waals surface area contributed by atoms with Crippen molar-refractivity contribution in [1.82, 2.24) is 9.88 Å². The summed E-state index contributed by atoms with van der Waals surface area (Å²) in [5, 5.41) is 0. The summed E-state index contributed by atoms with van der Waals surface area (Å²) in [4.78, 5) is 19.3. The number of pyridine rings is 1. The second-order valence-corrected chi connectivity index (χ2v) is 7.98. The van der Waals surface area contributed by atoms with E-state index in [0.717, 1.165) is 22.5 Å². The number of hydrogen-bond acceptors (Lipinski definition) is 5. The Kier molecular flexibility index (Phi) is 6.01. The maximum absolute atomic E-state index is 13.0. The molecule has 2 aromatic carbocycles. The van der Waals surface area contributed by atoms with Crippen LogP contribution in [0.4, 0.5) is 18.9 Å². The fraction of sp³-hybridized carbons (Fsp3) is 0.217. The number of amides is 1. The number of alkyl halides is 3. The first kappa shape index (κ1) is 22.0. The summed E-state index contributed by atoms with van der Waals surface area (Å²) in [5.74, 6) is -0.426. The summed E-state index contributed by atoms with van der Waals surface area (Å²) in [6.45, 7) is 2.51. The van der Waals surface area contributed by atoms with Gasteiger partial charge in [-0.25, -0.2) is 0 Å². The van der Waals surface area contributed by atoms with Crippen LogP contribution in [-0.2, 0) is 13.1 Å². The van der Waals surface area contributed by atoms with E-state index >= 15 is 0 Å². The number of halogens is 3. The minimum atomic E-state index is -4.73. The number of carbonyl (C=O) groups excluding carboxylic acids is 1. The van der Waals surface area contributed by atoms with Gasteiger partial charge < -0.3 is 14.4 Å². The molecule has 1 aliphatic rings. The number of fused-ring (bicyclic) bond motifs is 1. The van der Waals surface area contributed by atoms with Gasteiger partial charge in [-0.2, -0.15) is 0 Å². The zero-order chi connectivity index (χ0) is 22.9. The molecular weight excluding hydrogens is 439 g/mol. The number of rotatable bonds is 6. The van der Waals surface area contributed by atoms with Gasteiger partial charge in [0.2, 0.25) is 0 Å². The molecule has 1 amide bonds. The second kappa shape index (κ2) is 8.74. The van der Waals surface area contributed by atoms with Crippen LogP contribution in [0.1, 0.15) is 27.2 Å². The van der Waals surface area contributed by atoms with Gasteiger partial charge in [-0.1, -0.05) is 36.2 Å². The van der Waals surface area contributed by atoms with Crippen molar-refractivity contribution >= 4 is 23.5 Å². The third-order valence-electron chi connectivity index (χ3n) is 5.05. The molecule has 3 aromatic rings. The van der Waals surface area contributed by atoms with Crippen molar-refractivity contribution in [3.63, 3.8) is 0 Å². The molecule has 0 unspecified atom stereocenters. The topological polar surface area (TPSA) is 54.5 Å². The Balaban J connectivity index is 1.53. The lowest BCUT2D eigenvalue weighted by atomic mass is 10.0. The molecule has 0 bridgehead atoms. The van der Waals surface area contributed by atoms with Crippen LogP contribution < -0.4 is 9.46 Å². The van der Waals surface area contributed by atoms with E-state index in [9.17, 15) is 18.0 Å². The predicted octanol–water partition coefficient (Wildman–Crippen LogP) is 5.80. The highest BCUT2D eigenvalue weighted by atomic mass is 32.2. The number of aryl methyl sites for hydroxylation is 1. The summed E-state index contributed by atoms with van der Waals surface area (Å²) in [7, 11) is 0. The third-order valence-corrected chi connectivity index (χ3v) is 5.49. The zero-order valence-corrected chi connectivity index (χ0v) is 18.2. The number of nitrogens with zero attached hydrogens (tertiary/aromatic N) is 2. The van der Waals surface area contributed by atoms with Gasteiger partial charge in [0.25, 0.3) is 5.91 Å². The standard InChI is InChI=1S/C23H20F3N3O2S/c1-14-21-17(11-20(27-14)16-4-3-5-18(10-16)28-32-2)13-29(22(21)30)12-15-6-8-19(9-7-15)31-23(24,25)26/h3-11,28H,12-13H2,1-2H3. The molecule has 0 aliphatic carbocycles. The lowest BCUT2D eigenvalue weighted by molar-refractivity contribution is -0.274. The van der Waals surface area contributed by atoms with Crippen LogP contribution in [0.3, 0.4) is 0 Å². The molecule has 9 heteroatoms. The Hall–Kier alpha value is -3.20. The van der Waals surface area contributed by atoms with E-state index in [1.165, 1.54) is 36.2 Å². The first-order valence-corrected chi connectivity index (χ1v) is 11.0. The van der Waals surface area contributed by atoms with Gasteiger partial charge in [0.15, 0.2) is 0 Å². The van der Waals surface area contributed by atoms with Crippen LogP contribution in [0.2, 0.25) is 0 Å². The minimum absolute atomic E-state index is 0.134. The molecule has 0 saturated carbocycles. The van der Waals surface area contributed by atoms with Gasteiger partial charge in [-0.05, 0) is 48.4 Å². The number of nitrogens with one attached hydrogen (secondary N) is 1. The fourth-order valence-electron chi connectivity index (χ4n) is 3.74. The molecular formula is C23H20F3N3O2S. The van der Waals surface area contributed by atoms with E-state index in [2.05, 4.69) is 14.4 Å². The highest BCUT2D eigenvalue weighted by molar-refractivity contribution is 7.99. The lowest BCUT2D eigenvalue weighted by Gasteiger charge is -2.16. The maximum atomic E-state index is 13.0. The smallest absolute Gasteiger partial charge is 0.406 e. The third kappa shape index (κ3) is 4.83. The highest BCUT2D eigenvalue weighted by Gasteiger charge is 2.32. The molecule has 0 spiro atoms. The Labute approximate surface area is 187 Å². The van der Waals surface area contributed by atoms with Crippen LogP contribution >= 0.6 is 11.9 Å². The van der Waals surface area contributed by atoms with Gasteiger partial charge in [0.05, 0.1) is 17.0 Å². The van der Waals surface area contributed by atoms with Crippen LogP contribution in [0.15, 0.2) is 54.6 Å². The van der Waals surface area contributed by atoms with Crippen molar-refractivity contribution in [3.05, 3.63) is 77.0 Å². The number of anilines is 1.